The Hall–Kier alpha value is -0.400. The first-order valence-corrected chi connectivity index (χ1v) is 3.32. The van der Waals surface area contributed by atoms with E-state index in [9.17, 15) is 4.39 Å². The maximum absolute atomic E-state index is 12.6. The summed E-state index contributed by atoms with van der Waals surface area (Å²) >= 11 is 0. The number of nitrogens with zero attached hydrogens (tertiary/aromatic N) is 1. The van der Waals surface area contributed by atoms with Crippen LogP contribution in [0.1, 0.15) is 20.8 Å². The van der Waals surface area contributed by atoms with Crippen LogP contribution in [0.2, 0.25) is 0 Å². The number of aliphatic imine (C=N–C) groups is 1. The Morgan fingerprint density at radius 2 is 2.11 bits per heavy atom. The molecule has 0 amide bonds. The second-order valence-corrected chi connectivity index (χ2v) is 2.34. The first-order chi connectivity index (χ1) is 4.18. The van der Waals surface area contributed by atoms with E-state index in [1.165, 1.54) is 6.21 Å². The van der Waals surface area contributed by atoms with E-state index in [-0.39, 0.29) is 5.92 Å². The van der Waals surface area contributed by atoms with Crippen molar-refractivity contribution < 1.29 is 4.39 Å². The smallest absolute Gasteiger partial charge is 0.137 e. The summed E-state index contributed by atoms with van der Waals surface area (Å²) in [5.41, 5.74) is 0. The number of alkyl halides is 1. The van der Waals surface area contributed by atoms with Gasteiger partial charge in [-0.1, -0.05) is 13.8 Å². The summed E-state index contributed by atoms with van der Waals surface area (Å²) in [5, 5.41) is 0. The third-order valence-electron chi connectivity index (χ3n) is 1.07. The highest BCUT2D eigenvalue weighted by Gasteiger charge is 2.05. The monoisotopic (exact) mass is 131 g/mol. The Balaban J connectivity index is 3.48. The van der Waals surface area contributed by atoms with Crippen LogP contribution >= 0.6 is 0 Å². The number of rotatable bonds is 3. The van der Waals surface area contributed by atoms with Gasteiger partial charge in [0.25, 0.3) is 0 Å². The first kappa shape index (κ1) is 8.60. The Morgan fingerprint density at radius 1 is 1.56 bits per heavy atom. The largest absolute Gasteiger partial charge is 0.295 e. The van der Waals surface area contributed by atoms with Crippen molar-refractivity contribution in [3.63, 3.8) is 0 Å². The normalized spacial score (nSPS) is 15.2. The van der Waals surface area contributed by atoms with E-state index >= 15 is 0 Å². The highest BCUT2D eigenvalue weighted by atomic mass is 19.1. The van der Waals surface area contributed by atoms with Gasteiger partial charge >= 0.3 is 0 Å². The predicted octanol–water partition coefficient (Wildman–Crippen LogP) is 2.07. The second kappa shape index (κ2) is 4.48. The van der Waals surface area contributed by atoms with Gasteiger partial charge in [-0.05, 0) is 12.8 Å². The minimum absolute atomic E-state index is 0.0558. The Kier molecular flexibility index (Phi) is 4.28. The van der Waals surface area contributed by atoms with Crippen molar-refractivity contribution in [2.75, 3.05) is 6.54 Å². The Bertz CT molecular complexity index is 88.9. The van der Waals surface area contributed by atoms with Crippen molar-refractivity contribution in [3.8, 4) is 0 Å². The van der Waals surface area contributed by atoms with Crippen molar-refractivity contribution in [2.24, 2.45) is 10.9 Å². The number of hydrogen-bond acceptors (Lipinski definition) is 1. The second-order valence-electron chi connectivity index (χ2n) is 2.34. The lowest BCUT2D eigenvalue weighted by Gasteiger charge is -2.03. The van der Waals surface area contributed by atoms with Gasteiger partial charge in [-0.25, -0.2) is 4.39 Å². The summed E-state index contributed by atoms with van der Waals surface area (Å²) in [4.78, 5) is 3.79. The lowest BCUT2D eigenvalue weighted by Crippen LogP contribution is -2.10. The average Bonchev–Trinajstić information content (AvgIpc) is 1.82. The van der Waals surface area contributed by atoms with Crippen LogP contribution in [0.4, 0.5) is 4.39 Å². The van der Waals surface area contributed by atoms with Gasteiger partial charge in [0.15, 0.2) is 0 Å². The zero-order valence-corrected chi connectivity index (χ0v) is 6.26. The molecule has 0 aromatic heterocycles. The van der Waals surface area contributed by atoms with E-state index in [1.807, 2.05) is 20.8 Å². The van der Waals surface area contributed by atoms with E-state index in [0.29, 0.717) is 6.54 Å². The molecule has 0 aliphatic rings. The summed E-state index contributed by atoms with van der Waals surface area (Å²) in [6, 6.07) is 0. The van der Waals surface area contributed by atoms with E-state index in [0.717, 1.165) is 0 Å². The number of halogens is 1. The molecule has 0 aliphatic carbocycles. The Labute approximate surface area is 56.0 Å². The predicted molar refractivity (Wildman–Crippen MR) is 38.8 cm³/mol. The van der Waals surface area contributed by atoms with Gasteiger partial charge in [0.05, 0.1) is 0 Å². The molecular weight excluding hydrogens is 117 g/mol. The molecule has 0 rings (SSSR count). The van der Waals surface area contributed by atoms with Crippen molar-refractivity contribution in [1.29, 1.82) is 0 Å². The molecule has 0 heterocycles. The third-order valence-corrected chi connectivity index (χ3v) is 1.07. The summed E-state index contributed by atoms with van der Waals surface area (Å²) in [5.74, 6) is 0.0558. The maximum Gasteiger partial charge on any atom is 0.137 e. The van der Waals surface area contributed by atoms with Crippen LogP contribution in [0.3, 0.4) is 0 Å². The molecule has 0 saturated heterocycles. The fraction of sp³-hybridized carbons (Fsp3) is 0.857. The highest BCUT2D eigenvalue weighted by Crippen LogP contribution is 2.02. The average molecular weight is 131 g/mol. The molecule has 2 heteroatoms. The fourth-order valence-electron chi connectivity index (χ4n) is 0.378. The first-order valence-electron chi connectivity index (χ1n) is 3.32. The zero-order chi connectivity index (χ0) is 7.28. The van der Waals surface area contributed by atoms with Gasteiger partial charge < -0.3 is 0 Å². The van der Waals surface area contributed by atoms with Gasteiger partial charge in [-0.15, -0.1) is 0 Å². The van der Waals surface area contributed by atoms with Crippen LogP contribution < -0.4 is 0 Å². The van der Waals surface area contributed by atoms with E-state index in [4.69, 9.17) is 0 Å². The topological polar surface area (TPSA) is 12.4 Å². The summed E-state index contributed by atoms with van der Waals surface area (Å²) in [6.45, 7) is 6.25. The molecule has 0 radical (unpaired) electrons. The van der Waals surface area contributed by atoms with Crippen LogP contribution in [0.5, 0.6) is 0 Å². The SMILES string of the molecule is CCN=CC(F)C(C)C. The van der Waals surface area contributed by atoms with E-state index in [1.54, 1.807) is 0 Å². The molecule has 0 N–H and O–H groups in total. The summed E-state index contributed by atoms with van der Waals surface area (Å²) < 4.78 is 12.6. The van der Waals surface area contributed by atoms with Gasteiger partial charge in [0.1, 0.15) is 6.17 Å². The third kappa shape index (κ3) is 4.13. The molecule has 0 spiro atoms. The Morgan fingerprint density at radius 3 is 2.44 bits per heavy atom. The fourth-order valence-corrected chi connectivity index (χ4v) is 0.378. The van der Waals surface area contributed by atoms with E-state index in [2.05, 4.69) is 4.99 Å². The number of hydrogen-bond donors (Lipinski definition) is 0. The zero-order valence-electron chi connectivity index (χ0n) is 6.26. The highest BCUT2D eigenvalue weighted by molar-refractivity contribution is 5.63. The summed E-state index contributed by atoms with van der Waals surface area (Å²) in [6.07, 6.45) is 0.509. The molecular formula is C7H14FN. The van der Waals surface area contributed by atoms with Gasteiger partial charge in [0, 0.05) is 12.8 Å². The lowest BCUT2D eigenvalue weighted by atomic mass is 10.1. The van der Waals surface area contributed by atoms with E-state index < -0.39 is 6.17 Å². The van der Waals surface area contributed by atoms with Crippen LogP contribution in [0, 0.1) is 5.92 Å². The van der Waals surface area contributed by atoms with Crippen LogP contribution in [0.15, 0.2) is 4.99 Å². The van der Waals surface area contributed by atoms with Crippen molar-refractivity contribution in [2.45, 2.75) is 26.9 Å². The maximum atomic E-state index is 12.6. The standard InChI is InChI=1S/C7H14FN/c1-4-9-5-7(8)6(2)3/h5-7H,4H2,1-3H3. The quantitative estimate of drug-likeness (QED) is 0.520. The molecule has 1 atom stereocenters. The van der Waals surface area contributed by atoms with Crippen molar-refractivity contribution >= 4 is 6.21 Å². The van der Waals surface area contributed by atoms with Crippen molar-refractivity contribution in [1.82, 2.24) is 0 Å². The van der Waals surface area contributed by atoms with Crippen LogP contribution in [-0.2, 0) is 0 Å². The van der Waals surface area contributed by atoms with Gasteiger partial charge in [0.2, 0.25) is 0 Å². The molecule has 0 bridgehead atoms. The van der Waals surface area contributed by atoms with Crippen LogP contribution in [0.25, 0.3) is 0 Å². The molecule has 0 aromatic carbocycles. The summed E-state index contributed by atoms with van der Waals surface area (Å²) in [7, 11) is 0. The molecule has 0 saturated carbocycles. The lowest BCUT2D eigenvalue weighted by molar-refractivity contribution is 0.342. The molecule has 54 valence electrons. The molecule has 0 aliphatic heterocycles. The molecule has 9 heavy (non-hydrogen) atoms. The molecule has 0 aromatic rings. The molecule has 0 fully saturated rings. The molecule has 1 nitrogen and oxygen atoms in total. The van der Waals surface area contributed by atoms with Crippen LogP contribution in [-0.4, -0.2) is 18.9 Å². The van der Waals surface area contributed by atoms with Gasteiger partial charge in [-0.3, -0.25) is 4.99 Å². The van der Waals surface area contributed by atoms with Crippen molar-refractivity contribution in [3.05, 3.63) is 0 Å². The molecule has 1 unspecified atom stereocenters. The minimum Gasteiger partial charge on any atom is -0.295 e. The van der Waals surface area contributed by atoms with Gasteiger partial charge in [-0.2, -0.15) is 0 Å². The minimum atomic E-state index is -0.870.